The van der Waals surface area contributed by atoms with Crippen LogP contribution in [0.3, 0.4) is 0 Å². The molecule has 2 fully saturated rings. The van der Waals surface area contributed by atoms with Crippen LogP contribution in [0.5, 0.6) is 0 Å². The Morgan fingerprint density at radius 2 is 2.03 bits per heavy atom. The van der Waals surface area contributed by atoms with Crippen molar-refractivity contribution in [2.75, 3.05) is 50.8 Å². The molecule has 0 spiro atoms. The molecule has 1 aromatic rings. The number of halogens is 2. The van der Waals surface area contributed by atoms with Crippen molar-refractivity contribution in [2.45, 2.75) is 77.0 Å². The normalized spacial score (nSPS) is 26.9. The second kappa shape index (κ2) is 10.3. The van der Waals surface area contributed by atoms with E-state index < -0.39 is 17.0 Å². The molecule has 4 heterocycles. The Hall–Kier alpha value is -2.24. The van der Waals surface area contributed by atoms with Gasteiger partial charge in [0.05, 0.1) is 24.0 Å². The molecule has 3 atom stereocenters. The molecule has 1 N–H and O–H groups in total. The summed E-state index contributed by atoms with van der Waals surface area (Å²) < 4.78 is 34.7. The molecule has 0 bridgehead atoms. The van der Waals surface area contributed by atoms with Gasteiger partial charge in [-0.25, -0.2) is 0 Å². The SMILES string of the molecule is CCCC(F)(F)c1cc2c(nn1)C(C)(C)CN2C(=O)CN1C[C@@H](C)NC[C@@H]1CN1C[C@H](C)OCC1=O. The molecule has 0 unspecified atom stereocenters. The average Bonchev–Trinajstić information content (AvgIpc) is 3.08. The van der Waals surface area contributed by atoms with Crippen molar-refractivity contribution >= 4 is 17.5 Å². The van der Waals surface area contributed by atoms with Gasteiger partial charge in [0.25, 0.3) is 5.92 Å². The molecule has 3 aliphatic rings. The number of amides is 2. The Labute approximate surface area is 211 Å². The van der Waals surface area contributed by atoms with Crippen LogP contribution in [-0.2, 0) is 25.7 Å². The van der Waals surface area contributed by atoms with E-state index >= 15 is 0 Å². The van der Waals surface area contributed by atoms with Gasteiger partial charge < -0.3 is 19.9 Å². The van der Waals surface area contributed by atoms with Gasteiger partial charge in [0.1, 0.15) is 12.3 Å². The first-order chi connectivity index (χ1) is 16.9. The molecule has 0 saturated carbocycles. The van der Waals surface area contributed by atoms with Crippen molar-refractivity contribution < 1.29 is 23.1 Å². The maximum absolute atomic E-state index is 14.6. The standard InChI is InChI=1S/C25H38F2N6O3/c1-6-7-25(26,27)20-8-19-23(30-29-20)24(4,5)15-33(19)21(34)13-31-10-16(2)28-9-18(31)12-32-11-17(3)36-14-22(32)35/h8,16-18,28H,6-7,9-15H2,1-5H3/t16-,17+,18-/m1/s1. The Morgan fingerprint density at radius 1 is 1.28 bits per heavy atom. The van der Waals surface area contributed by atoms with Crippen molar-refractivity contribution in [1.29, 1.82) is 0 Å². The second-order valence-electron chi connectivity index (χ2n) is 11.1. The highest BCUT2D eigenvalue weighted by Gasteiger charge is 2.43. The van der Waals surface area contributed by atoms with Gasteiger partial charge in [-0.2, -0.15) is 13.9 Å². The number of anilines is 1. The first-order valence-corrected chi connectivity index (χ1v) is 12.8. The molecule has 4 rings (SSSR count). The molecular formula is C25H38F2N6O3. The van der Waals surface area contributed by atoms with E-state index in [9.17, 15) is 18.4 Å². The molecular weight excluding hydrogens is 470 g/mol. The van der Waals surface area contributed by atoms with Gasteiger partial charge in [-0.3, -0.25) is 14.5 Å². The van der Waals surface area contributed by atoms with E-state index in [1.165, 1.54) is 6.07 Å². The summed E-state index contributed by atoms with van der Waals surface area (Å²) in [5.74, 6) is -3.31. The summed E-state index contributed by atoms with van der Waals surface area (Å²) in [4.78, 5) is 31.5. The van der Waals surface area contributed by atoms with Crippen molar-refractivity contribution in [2.24, 2.45) is 0 Å². The maximum Gasteiger partial charge on any atom is 0.291 e. The lowest BCUT2D eigenvalue weighted by Gasteiger charge is -2.42. The number of fused-ring (bicyclic) bond motifs is 1. The summed E-state index contributed by atoms with van der Waals surface area (Å²) in [7, 11) is 0. The average molecular weight is 509 g/mol. The minimum Gasteiger partial charge on any atom is -0.367 e. The van der Waals surface area contributed by atoms with Crippen molar-refractivity contribution in [3.05, 3.63) is 17.5 Å². The van der Waals surface area contributed by atoms with Gasteiger partial charge in [0.15, 0.2) is 0 Å². The summed E-state index contributed by atoms with van der Waals surface area (Å²) in [6, 6.07) is 1.48. The Bertz CT molecular complexity index is 991. The third kappa shape index (κ3) is 5.52. The fraction of sp³-hybridized carbons (Fsp3) is 0.760. The molecule has 0 aromatic carbocycles. The van der Waals surface area contributed by atoms with E-state index in [1.807, 2.05) is 20.8 Å². The zero-order valence-electron chi connectivity index (χ0n) is 21.9. The zero-order chi connectivity index (χ0) is 26.3. The predicted molar refractivity (Wildman–Crippen MR) is 131 cm³/mol. The lowest BCUT2D eigenvalue weighted by atomic mass is 9.91. The number of carbonyl (C=O) groups excluding carboxylic acids is 2. The van der Waals surface area contributed by atoms with Crippen LogP contribution in [0.1, 0.15) is 58.8 Å². The van der Waals surface area contributed by atoms with Crippen LogP contribution < -0.4 is 10.2 Å². The molecule has 200 valence electrons. The van der Waals surface area contributed by atoms with E-state index in [1.54, 1.807) is 16.7 Å². The number of hydrogen-bond donors (Lipinski definition) is 1. The van der Waals surface area contributed by atoms with Crippen LogP contribution >= 0.6 is 0 Å². The molecule has 9 nitrogen and oxygen atoms in total. The zero-order valence-corrected chi connectivity index (χ0v) is 21.9. The molecule has 11 heteroatoms. The lowest BCUT2D eigenvalue weighted by Crippen LogP contribution is -2.62. The topological polar surface area (TPSA) is 90.9 Å². The van der Waals surface area contributed by atoms with Crippen molar-refractivity contribution in [3.63, 3.8) is 0 Å². The molecule has 2 amide bonds. The quantitative estimate of drug-likeness (QED) is 0.602. The molecule has 0 aliphatic carbocycles. The number of rotatable bonds is 7. The molecule has 1 aromatic heterocycles. The number of hydrogen-bond acceptors (Lipinski definition) is 7. The fourth-order valence-electron chi connectivity index (χ4n) is 5.33. The monoisotopic (exact) mass is 508 g/mol. The fourth-order valence-corrected chi connectivity index (χ4v) is 5.33. The Kier molecular flexibility index (Phi) is 7.64. The third-order valence-electron chi connectivity index (χ3n) is 7.32. The summed E-state index contributed by atoms with van der Waals surface area (Å²) in [5.41, 5.74) is 0.0863. The molecule has 36 heavy (non-hydrogen) atoms. The molecule has 0 radical (unpaired) electrons. The molecule has 3 aliphatic heterocycles. The number of nitrogens with one attached hydrogen (secondary N) is 1. The third-order valence-corrected chi connectivity index (χ3v) is 7.32. The lowest BCUT2D eigenvalue weighted by molar-refractivity contribution is -0.149. The molecule has 2 saturated heterocycles. The number of piperazine rings is 1. The highest BCUT2D eigenvalue weighted by Crippen LogP contribution is 2.41. The first-order valence-electron chi connectivity index (χ1n) is 12.8. The highest BCUT2D eigenvalue weighted by molar-refractivity contribution is 5.97. The van der Waals surface area contributed by atoms with Gasteiger partial charge >= 0.3 is 0 Å². The summed E-state index contributed by atoms with van der Waals surface area (Å²) in [6.45, 7) is 12.4. The number of alkyl halides is 2. The van der Waals surface area contributed by atoms with Crippen LogP contribution in [0.25, 0.3) is 0 Å². The smallest absolute Gasteiger partial charge is 0.291 e. The second-order valence-corrected chi connectivity index (χ2v) is 11.1. The van der Waals surface area contributed by atoms with E-state index in [0.717, 1.165) is 0 Å². The van der Waals surface area contributed by atoms with Crippen LogP contribution in [-0.4, -0.2) is 95.9 Å². The maximum atomic E-state index is 14.6. The van der Waals surface area contributed by atoms with E-state index in [2.05, 4.69) is 27.3 Å². The highest BCUT2D eigenvalue weighted by atomic mass is 19.3. The summed E-state index contributed by atoms with van der Waals surface area (Å²) >= 11 is 0. The van der Waals surface area contributed by atoms with Crippen molar-refractivity contribution in [3.8, 4) is 0 Å². The van der Waals surface area contributed by atoms with Gasteiger partial charge in [-0.05, 0) is 19.9 Å². The predicted octanol–water partition coefficient (Wildman–Crippen LogP) is 1.90. The number of aromatic nitrogens is 2. The first kappa shape index (κ1) is 26.8. The van der Waals surface area contributed by atoms with Gasteiger partial charge in [0, 0.05) is 56.6 Å². The number of ether oxygens (including phenoxy) is 1. The summed E-state index contributed by atoms with van der Waals surface area (Å²) in [6.07, 6.45) is -0.0399. The van der Waals surface area contributed by atoms with E-state index in [-0.39, 0.29) is 49.6 Å². The van der Waals surface area contributed by atoms with Crippen LogP contribution in [0.4, 0.5) is 14.5 Å². The van der Waals surface area contributed by atoms with Gasteiger partial charge in [-0.15, -0.1) is 5.10 Å². The minimum atomic E-state index is -3.10. The largest absolute Gasteiger partial charge is 0.367 e. The minimum absolute atomic E-state index is 0.0299. The van der Waals surface area contributed by atoms with E-state index in [4.69, 9.17) is 4.74 Å². The van der Waals surface area contributed by atoms with Crippen LogP contribution in [0.2, 0.25) is 0 Å². The van der Waals surface area contributed by atoms with E-state index in [0.29, 0.717) is 50.5 Å². The van der Waals surface area contributed by atoms with Crippen molar-refractivity contribution in [1.82, 2.24) is 25.3 Å². The van der Waals surface area contributed by atoms with Gasteiger partial charge in [-0.1, -0.05) is 27.2 Å². The van der Waals surface area contributed by atoms with Crippen LogP contribution in [0.15, 0.2) is 6.07 Å². The Morgan fingerprint density at radius 3 is 2.75 bits per heavy atom. The number of carbonyl (C=O) groups is 2. The number of morpholine rings is 1. The Balaban J connectivity index is 1.54. The number of nitrogens with zero attached hydrogens (tertiary/aromatic N) is 5. The van der Waals surface area contributed by atoms with Gasteiger partial charge in [0.2, 0.25) is 11.8 Å². The summed E-state index contributed by atoms with van der Waals surface area (Å²) in [5, 5.41) is 11.4. The van der Waals surface area contributed by atoms with Crippen LogP contribution in [0, 0.1) is 0 Å².